The highest BCUT2D eigenvalue weighted by atomic mass is 19.3. The van der Waals surface area contributed by atoms with Gasteiger partial charge in [-0.1, -0.05) is 48.5 Å². The van der Waals surface area contributed by atoms with E-state index in [4.69, 9.17) is 9.84 Å². The molecule has 0 saturated heterocycles. The Labute approximate surface area is 189 Å². The largest absolute Gasteiger partial charge is 0.481 e. The van der Waals surface area contributed by atoms with Gasteiger partial charge in [0.25, 0.3) is 0 Å². The zero-order valence-electron chi connectivity index (χ0n) is 17.7. The van der Waals surface area contributed by atoms with Crippen LogP contribution in [0.5, 0.6) is 0 Å². The van der Waals surface area contributed by atoms with Crippen LogP contribution < -0.4 is 10.6 Å². The summed E-state index contributed by atoms with van der Waals surface area (Å²) in [7, 11) is 0. The molecule has 3 N–H and O–H groups in total. The summed E-state index contributed by atoms with van der Waals surface area (Å²) in [5, 5.41) is 13.6. The number of fused-ring (bicyclic) bond motifs is 3. The molecule has 33 heavy (non-hydrogen) atoms. The molecule has 1 unspecified atom stereocenters. The van der Waals surface area contributed by atoms with Crippen molar-refractivity contribution in [1.29, 1.82) is 0 Å². The summed E-state index contributed by atoms with van der Waals surface area (Å²) >= 11 is 0. The van der Waals surface area contributed by atoms with Crippen LogP contribution >= 0.6 is 0 Å². The number of carboxylic acids is 1. The molecule has 174 valence electrons. The lowest BCUT2D eigenvalue weighted by Gasteiger charge is -2.19. The third kappa shape index (κ3) is 5.13. The second-order valence-corrected chi connectivity index (χ2v) is 8.33. The average molecular weight is 458 g/mol. The maximum absolute atomic E-state index is 13.0. The molecule has 2 amide bonds. The molecule has 9 heteroatoms. The molecular weight excluding hydrogens is 434 g/mol. The molecule has 4 rings (SSSR count). The number of carbonyl (C=O) groups excluding carboxylic acids is 2. The van der Waals surface area contributed by atoms with Crippen molar-refractivity contribution in [3.8, 4) is 11.1 Å². The lowest BCUT2D eigenvalue weighted by Crippen LogP contribution is -2.48. The highest BCUT2D eigenvalue weighted by Crippen LogP contribution is 2.44. The van der Waals surface area contributed by atoms with Crippen molar-refractivity contribution in [2.24, 2.45) is 11.8 Å². The van der Waals surface area contributed by atoms with Crippen molar-refractivity contribution in [3.05, 3.63) is 59.7 Å². The van der Waals surface area contributed by atoms with Gasteiger partial charge in [-0.05, 0) is 34.6 Å². The topological polar surface area (TPSA) is 105 Å². The van der Waals surface area contributed by atoms with Gasteiger partial charge in [-0.25, -0.2) is 13.6 Å². The first-order valence-electron chi connectivity index (χ1n) is 10.7. The number of carbonyl (C=O) groups is 3. The first-order chi connectivity index (χ1) is 15.8. The number of hydrogen-bond acceptors (Lipinski definition) is 4. The minimum absolute atomic E-state index is 0.00869. The Kier molecular flexibility index (Phi) is 6.57. The van der Waals surface area contributed by atoms with Gasteiger partial charge in [0, 0.05) is 18.9 Å². The van der Waals surface area contributed by atoms with E-state index in [0.29, 0.717) is 6.42 Å². The second kappa shape index (κ2) is 9.56. The lowest BCUT2D eigenvalue weighted by atomic mass is 9.98. The van der Waals surface area contributed by atoms with Crippen LogP contribution in [0.3, 0.4) is 0 Å². The maximum Gasteiger partial charge on any atom is 0.407 e. The third-order valence-corrected chi connectivity index (χ3v) is 6.14. The Balaban J connectivity index is 1.35. The molecule has 3 atom stereocenters. The fraction of sp³-hybridized carbons (Fsp3) is 0.375. The van der Waals surface area contributed by atoms with E-state index in [1.807, 2.05) is 48.5 Å². The van der Waals surface area contributed by atoms with Gasteiger partial charge < -0.3 is 20.5 Å². The zero-order valence-corrected chi connectivity index (χ0v) is 17.7. The molecule has 2 aromatic carbocycles. The van der Waals surface area contributed by atoms with E-state index in [2.05, 4.69) is 10.6 Å². The monoisotopic (exact) mass is 458 g/mol. The molecule has 2 aliphatic rings. The number of alkyl carbamates (subject to hydrolysis) is 1. The van der Waals surface area contributed by atoms with Crippen molar-refractivity contribution in [1.82, 2.24) is 10.6 Å². The quantitative estimate of drug-likeness (QED) is 0.534. The molecule has 2 aliphatic carbocycles. The maximum atomic E-state index is 13.0. The summed E-state index contributed by atoms with van der Waals surface area (Å²) in [6.45, 7) is 0.0488. The van der Waals surface area contributed by atoms with Gasteiger partial charge >= 0.3 is 12.1 Å². The first-order valence-corrected chi connectivity index (χ1v) is 10.7. The lowest BCUT2D eigenvalue weighted by molar-refractivity contribution is -0.139. The highest BCUT2D eigenvalue weighted by molar-refractivity contribution is 5.86. The van der Waals surface area contributed by atoms with Crippen LogP contribution in [-0.4, -0.2) is 48.7 Å². The SMILES string of the molecule is O=C(NC(CC(F)F)C(=O)NC[C@@H]1C[C@@H]1C(=O)O)OCC1c2ccccc2-c2ccccc21. The minimum Gasteiger partial charge on any atom is -0.481 e. The number of nitrogens with one attached hydrogen (secondary N) is 2. The van der Waals surface area contributed by atoms with Crippen molar-refractivity contribution >= 4 is 18.0 Å². The summed E-state index contributed by atoms with van der Waals surface area (Å²) in [6.07, 6.45) is -4.23. The predicted octanol–water partition coefficient (Wildman–Crippen LogP) is 3.39. The third-order valence-electron chi connectivity index (χ3n) is 6.14. The Hall–Kier alpha value is -3.49. The van der Waals surface area contributed by atoms with Gasteiger partial charge in [0.1, 0.15) is 12.6 Å². The van der Waals surface area contributed by atoms with Crippen molar-refractivity contribution in [2.75, 3.05) is 13.2 Å². The van der Waals surface area contributed by atoms with Crippen LogP contribution in [0.1, 0.15) is 29.9 Å². The average Bonchev–Trinajstić information content (AvgIpc) is 3.51. The molecule has 2 aromatic rings. The second-order valence-electron chi connectivity index (χ2n) is 8.33. The zero-order chi connectivity index (χ0) is 23.5. The Morgan fingerprint density at radius 3 is 2.18 bits per heavy atom. The molecule has 1 fully saturated rings. The molecule has 0 aromatic heterocycles. The number of carboxylic acid groups (broad SMARTS) is 1. The normalized spacial score (nSPS) is 19.4. The summed E-state index contributed by atoms with van der Waals surface area (Å²) < 4.78 is 31.3. The van der Waals surface area contributed by atoms with E-state index in [9.17, 15) is 23.2 Å². The van der Waals surface area contributed by atoms with Gasteiger partial charge in [-0.15, -0.1) is 0 Å². The molecule has 0 heterocycles. The molecule has 0 aliphatic heterocycles. The van der Waals surface area contributed by atoms with Crippen LogP contribution in [0, 0.1) is 11.8 Å². The van der Waals surface area contributed by atoms with E-state index in [-0.39, 0.29) is 25.0 Å². The van der Waals surface area contributed by atoms with E-state index in [1.54, 1.807) is 0 Å². The number of benzene rings is 2. The Morgan fingerprint density at radius 1 is 1.03 bits per heavy atom. The van der Waals surface area contributed by atoms with Gasteiger partial charge in [0.15, 0.2) is 0 Å². The van der Waals surface area contributed by atoms with E-state index in [0.717, 1.165) is 22.3 Å². The molecule has 0 bridgehead atoms. The van der Waals surface area contributed by atoms with Crippen molar-refractivity contribution in [2.45, 2.75) is 31.2 Å². The number of halogens is 2. The number of amides is 2. The summed E-state index contributed by atoms with van der Waals surface area (Å²) in [5.41, 5.74) is 4.12. The minimum atomic E-state index is -2.82. The first kappa shape index (κ1) is 22.7. The van der Waals surface area contributed by atoms with Crippen LogP contribution in [0.4, 0.5) is 13.6 Å². The van der Waals surface area contributed by atoms with E-state index in [1.165, 1.54) is 0 Å². The summed E-state index contributed by atoms with van der Waals surface area (Å²) in [6, 6.07) is 14.1. The van der Waals surface area contributed by atoms with Gasteiger partial charge in [0.2, 0.25) is 12.3 Å². The Morgan fingerprint density at radius 2 is 1.64 bits per heavy atom. The number of alkyl halides is 2. The van der Waals surface area contributed by atoms with Crippen molar-refractivity contribution < 1.29 is 33.0 Å². The van der Waals surface area contributed by atoms with Gasteiger partial charge in [-0.2, -0.15) is 0 Å². The summed E-state index contributed by atoms with van der Waals surface area (Å²) in [5.74, 6) is -2.70. The van der Waals surface area contributed by atoms with Gasteiger partial charge in [-0.3, -0.25) is 9.59 Å². The standard InChI is InChI=1S/C24H24F2N2O5/c25-21(26)10-20(22(29)27-11-13-9-18(13)23(30)31)28-24(32)33-12-19-16-7-3-1-5-14(16)15-6-2-4-8-17(15)19/h1-8,13,18-21H,9-12H2,(H,27,29)(H,28,32)(H,30,31)/t13-,18-,20?/m0/s1. The Bertz CT molecular complexity index is 1020. The van der Waals surface area contributed by atoms with Crippen LogP contribution in [-0.2, 0) is 14.3 Å². The van der Waals surface area contributed by atoms with Gasteiger partial charge in [0.05, 0.1) is 5.92 Å². The molecule has 0 spiro atoms. The predicted molar refractivity (Wildman–Crippen MR) is 115 cm³/mol. The van der Waals surface area contributed by atoms with Crippen LogP contribution in [0.15, 0.2) is 48.5 Å². The fourth-order valence-corrected chi connectivity index (χ4v) is 4.32. The molecule has 0 radical (unpaired) electrons. The number of ether oxygens (including phenoxy) is 1. The smallest absolute Gasteiger partial charge is 0.407 e. The van der Waals surface area contributed by atoms with E-state index < -0.39 is 42.8 Å². The van der Waals surface area contributed by atoms with Crippen LogP contribution in [0.25, 0.3) is 11.1 Å². The molecular formula is C24H24F2N2O5. The van der Waals surface area contributed by atoms with Crippen LogP contribution in [0.2, 0.25) is 0 Å². The molecule has 1 saturated carbocycles. The van der Waals surface area contributed by atoms with Crippen molar-refractivity contribution in [3.63, 3.8) is 0 Å². The highest BCUT2D eigenvalue weighted by Gasteiger charge is 2.43. The van der Waals surface area contributed by atoms with E-state index >= 15 is 0 Å². The number of aliphatic carboxylic acids is 1. The number of hydrogen-bond donors (Lipinski definition) is 3. The number of rotatable bonds is 9. The summed E-state index contributed by atoms with van der Waals surface area (Å²) in [4.78, 5) is 35.6. The fourth-order valence-electron chi connectivity index (χ4n) is 4.32. The molecule has 7 nitrogen and oxygen atoms in total.